The fraction of sp³-hybridized carbons (Fsp3) is 0.333. The van der Waals surface area contributed by atoms with Gasteiger partial charge in [0.2, 0.25) is 0 Å². The Balaban J connectivity index is 1.57. The molecule has 1 aromatic rings. The first-order chi connectivity index (χ1) is 12.5. The molecule has 1 saturated heterocycles. The van der Waals surface area contributed by atoms with Gasteiger partial charge in [-0.05, 0) is 36.5 Å². The van der Waals surface area contributed by atoms with Gasteiger partial charge in [-0.3, -0.25) is 9.59 Å². The summed E-state index contributed by atoms with van der Waals surface area (Å²) >= 11 is 5.97. The smallest absolute Gasteiger partial charge is 0.341 e. The highest BCUT2D eigenvalue weighted by Gasteiger charge is 2.59. The van der Waals surface area contributed by atoms with E-state index in [9.17, 15) is 14.4 Å². The SMILES string of the molecule is O=C(O)COc1ccc(Cl)cc1C=NN1C(=O)[C@@H]2[C@H](C1=O)[C@H]1C=C[C@H]2C1. The van der Waals surface area contributed by atoms with Gasteiger partial charge in [-0.2, -0.15) is 10.1 Å². The third-order valence-corrected chi connectivity index (χ3v) is 5.32. The Kier molecular flexibility index (Phi) is 4.03. The molecule has 4 atom stereocenters. The maximum atomic E-state index is 12.6. The van der Waals surface area contributed by atoms with Crippen LogP contribution in [-0.4, -0.2) is 40.7 Å². The fourth-order valence-electron chi connectivity index (χ4n) is 4.01. The summed E-state index contributed by atoms with van der Waals surface area (Å²) in [6.45, 7) is -0.525. The molecule has 0 unspecified atom stereocenters. The van der Waals surface area contributed by atoms with Crippen LogP contribution in [-0.2, 0) is 14.4 Å². The largest absolute Gasteiger partial charge is 0.481 e. The molecule has 1 saturated carbocycles. The van der Waals surface area contributed by atoms with Crippen LogP contribution in [0.4, 0.5) is 0 Å². The van der Waals surface area contributed by atoms with Crippen molar-refractivity contribution in [1.82, 2.24) is 5.01 Å². The number of rotatable bonds is 5. The molecule has 0 spiro atoms. The molecule has 2 amide bonds. The minimum Gasteiger partial charge on any atom is -0.481 e. The molecule has 2 bridgehead atoms. The second-order valence-corrected chi connectivity index (χ2v) is 7.03. The normalized spacial score (nSPS) is 29.0. The van der Waals surface area contributed by atoms with Gasteiger partial charge in [0.25, 0.3) is 11.8 Å². The van der Waals surface area contributed by atoms with Crippen LogP contribution < -0.4 is 4.74 Å². The lowest BCUT2D eigenvalue weighted by molar-refractivity contribution is -0.141. The second-order valence-electron chi connectivity index (χ2n) is 6.60. The number of hydrogen-bond donors (Lipinski definition) is 1. The number of carbonyl (C=O) groups excluding carboxylic acids is 2. The quantitative estimate of drug-likeness (QED) is 0.482. The summed E-state index contributed by atoms with van der Waals surface area (Å²) < 4.78 is 5.19. The van der Waals surface area contributed by atoms with Crippen molar-refractivity contribution in [2.75, 3.05) is 6.61 Å². The zero-order chi connectivity index (χ0) is 18.4. The topological polar surface area (TPSA) is 96.3 Å². The molecule has 1 aromatic carbocycles. The number of carboxylic acids is 1. The molecule has 2 aliphatic carbocycles. The first-order valence-corrected chi connectivity index (χ1v) is 8.58. The number of halogens is 1. The first-order valence-electron chi connectivity index (χ1n) is 8.20. The van der Waals surface area contributed by atoms with Crippen LogP contribution in [0.5, 0.6) is 5.75 Å². The number of hydrazone groups is 1. The van der Waals surface area contributed by atoms with Crippen LogP contribution in [0.15, 0.2) is 35.5 Å². The average molecular weight is 375 g/mol. The summed E-state index contributed by atoms with van der Waals surface area (Å²) in [6.07, 6.45) is 6.18. The summed E-state index contributed by atoms with van der Waals surface area (Å²) in [6, 6.07) is 4.59. The molecule has 1 aliphatic heterocycles. The number of ether oxygens (including phenoxy) is 1. The number of fused-ring (bicyclic) bond motifs is 5. The number of hydrogen-bond acceptors (Lipinski definition) is 5. The van der Waals surface area contributed by atoms with Gasteiger partial charge in [0.1, 0.15) is 5.75 Å². The molecule has 26 heavy (non-hydrogen) atoms. The summed E-state index contributed by atoms with van der Waals surface area (Å²) in [5.41, 5.74) is 0.387. The van der Waals surface area contributed by atoms with Crippen molar-refractivity contribution >= 4 is 35.6 Å². The van der Waals surface area contributed by atoms with Crippen molar-refractivity contribution in [3.63, 3.8) is 0 Å². The van der Waals surface area contributed by atoms with Crippen LogP contribution in [0.2, 0.25) is 5.02 Å². The van der Waals surface area contributed by atoms with E-state index in [1.165, 1.54) is 18.3 Å². The van der Waals surface area contributed by atoms with Crippen LogP contribution in [0.3, 0.4) is 0 Å². The summed E-state index contributed by atoms with van der Waals surface area (Å²) in [5, 5.41) is 14.1. The van der Waals surface area contributed by atoms with Crippen LogP contribution >= 0.6 is 11.6 Å². The second kappa shape index (κ2) is 6.25. The van der Waals surface area contributed by atoms with Gasteiger partial charge in [-0.1, -0.05) is 23.8 Å². The van der Waals surface area contributed by atoms with Crippen molar-refractivity contribution in [3.8, 4) is 5.75 Å². The Morgan fingerprint density at radius 1 is 1.27 bits per heavy atom. The van der Waals surface area contributed by atoms with Gasteiger partial charge < -0.3 is 9.84 Å². The molecule has 2 fully saturated rings. The van der Waals surface area contributed by atoms with Crippen molar-refractivity contribution in [1.29, 1.82) is 0 Å². The Bertz CT molecular complexity index is 835. The first kappa shape index (κ1) is 16.8. The van der Waals surface area contributed by atoms with E-state index in [-0.39, 0.29) is 41.2 Å². The highest BCUT2D eigenvalue weighted by molar-refractivity contribution is 6.31. The van der Waals surface area contributed by atoms with Crippen molar-refractivity contribution in [2.24, 2.45) is 28.8 Å². The van der Waals surface area contributed by atoms with Crippen LogP contribution in [0.25, 0.3) is 0 Å². The summed E-state index contributed by atoms with van der Waals surface area (Å²) in [5.74, 6) is -1.87. The minimum atomic E-state index is -1.12. The molecule has 134 valence electrons. The van der Waals surface area contributed by atoms with Gasteiger partial charge >= 0.3 is 5.97 Å². The minimum absolute atomic E-state index is 0.113. The molecule has 7 nitrogen and oxygen atoms in total. The maximum Gasteiger partial charge on any atom is 0.341 e. The summed E-state index contributed by atoms with van der Waals surface area (Å²) in [7, 11) is 0. The van der Waals surface area contributed by atoms with E-state index in [1.54, 1.807) is 6.07 Å². The fourth-order valence-corrected chi connectivity index (χ4v) is 4.19. The Hall–Kier alpha value is -2.67. The van der Waals surface area contributed by atoms with E-state index in [2.05, 4.69) is 5.10 Å². The van der Waals surface area contributed by atoms with E-state index < -0.39 is 12.6 Å². The third kappa shape index (κ3) is 2.68. The lowest BCUT2D eigenvalue weighted by Gasteiger charge is -2.13. The predicted octanol–water partition coefficient (Wildman–Crippen LogP) is 1.94. The average Bonchev–Trinajstić information content (AvgIpc) is 3.27. The van der Waals surface area contributed by atoms with Gasteiger partial charge in [-0.15, -0.1) is 0 Å². The molecule has 1 heterocycles. The zero-order valence-electron chi connectivity index (χ0n) is 13.5. The van der Waals surface area contributed by atoms with E-state index in [0.717, 1.165) is 11.4 Å². The Labute approximate surface area is 153 Å². The number of benzene rings is 1. The number of nitrogens with zero attached hydrogens (tertiary/aromatic N) is 2. The molecular weight excluding hydrogens is 360 g/mol. The van der Waals surface area contributed by atoms with Gasteiger partial charge in [-0.25, -0.2) is 4.79 Å². The monoisotopic (exact) mass is 374 g/mol. The predicted molar refractivity (Wildman–Crippen MR) is 91.7 cm³/mol. The zero-order valence-corrected chi connectivity index (χ0v) is 14.3. The van der Waals surface area contributed by atoms with Crippen molar-refractivity contribution < 1.29 is 24.2 Å². The number of imide groups is 1. The Morgan fingerprint density at radius 3 is 2.54 bits per heavy atom. The standard InChI is InChI=1S/C18H15ClN2O5/c19-12-3-4-13(26-8-14(22)23)11(6-12)7-20-21-17(24)15-9-1-2-10(5-9)16(15)18(21)25/h1-4,6-7,9-10,15-16H,5,8H2,(H,22,23)/t9-,10-,15-,16+/m0/s1. The maximum absolute atomic E-state index is 12.6. The highest BCUT2D eigenvalue weighted by Crippen LogP contribution is 2.52. The lowest BCUT2D eigenvalue weighted by atomic mass is 9.85. The van der Waals surface area contributed by atoms with Gasteiger partial charge in [0.15, 0.2) is 6.61 Å². The van der Waals surface area contributed by atoms with Crippen molar-refractivity contribution in [3.05, 3.63) is 40.9 Å². The van der Waals surface area contributed by atoms with Crippen LogP contribution in [0.1, 0.15) is 12.0 Å². The third-order valence-electron chi connectivity index (χ3n) is 5.08. The number of allylic oxidation sites excluding steroid dienone is 2. The molecule has 4 rings (SSSR count). The van der Waals surface area contributed by atoms with Crippen molar-refractivity contribution in [2.45, 2.75) is 6.42 Å². The molecule has 0 radical (unpaired) electrons. The molecule has 8 heteroatoms. The molecule has 3 aliphatic rings. The van der Waals surface area contributed by atoms with E-state index in [4.69, 9.17) is 21.4 Å². The number of amides is 2. The van der Waals surface area contributed by atoms with E-state index >= 15 is 0 Å². The highest BCUT2D eigenvalue weighted by atomic mass is 35.5. The number of aliphatic carboxylic acids is 1. The number of carbonyl (C=O) groups is 3. The lowest BCUT2D eigenvalue weighted by Crippen LogP contribution is -2.28. The van der Waals surface area contributed by atoms with Gasteiger partial charge in [0.05, 0.1) is 18.1 Å². The van der Waals surface area contributed by atoms with Crippen LogP contribution in [0, 0.1) is 23.7 Å². The number of carboxylic acid groups (broad SMARTS) is 1. The Morgan fingerprint density at radius 2 is 1.92 bits per heavy atom. The summed E-state index contributed by atoms with van der Waals surface area (Å²) in [4.78, 5) is 35.9. The molecular formula is C18H15ClN2O5. The van der Waals surface area contributed by atoms with E-state index in [0.29, 0.717) is 10.6 Å². The van der Waals surface area contributed by atoms with Gasteiger partial charge in [0, 0.05) is 10.6 Å². The molecule has 1 N–H and O–H groups in total. The van der Waals surface area contributed by atoms with E-state index in [1.807, 2.05) is 12.2 Å². The molecule has 0 aromatic heterocycles.